The molecule has 0 saturated heterocycles. The number of ketones is 1. The van der Waals surface area contributed by atoms with Crippen molar-refractivity contribution in [2.45, 2.75) is 12.8 Å². The Kier molecular flexibility index (Phi) is 4.31. The smallest absolute Gasteiger partial charge is 0.170 e. The fourth-order valence-corrected chi connectivity index (χ4v) is 2.02. The summed E-state index contributed by atoms with van der Waals surface area (Å²) in [6.45, 7) is 1.86. The van der Waals surface area contributed by atoms with Crippen LogP contribution in [0.1, 0.15) is 39.1 Å². The van der Waals surface area contributed by atoms with Gasteiger partial charge in [0.1, 0.15) is 12.0 Å². The predicted octanol–water partition coefficient (Wildman–Crippen LogP) is 3.49. The zero-order valence-electron chi connectivity index (χ0n) is 11.5. The maximum absolute atomic E-state index is 12.4. The molecule has 0 saturated carbocycles. The van der Waals surface area contributed by atoms with E-state index in [9.17, 15) is 9.59 Å². The van der Waals surface area contributed by atoms with Crippen LogP contribution in [0, 0.1) is 0 Å². The van der Waals surface area contributed by atoms with Crippen molar-refractivity contribution < 1.29 is 14.3 Å². The lowest BCUT2D eigenvalue weighted by molar-refractivity contribution is 0.0966. The van der Waals surface area contributed by atoms with E-state index >= 15 is 0 Å². The molecule has 0 aliphatic rings. The van der Waals surface area contributed by atoms with E-state index in [-0.39, 0.29) is 11.7 Å². The molecule has 0 N–H and O–H groups in total. The number of methoxy groups -OCH3 is 1. The van der Waals surface area contributed by atoms with E-state index in [0.717, 1.165) is 17.6 Å². The van der Waals surface area contributed by atoms with E-state index < -0.39 is 0 Å². The molecule has 0 heterocycles. The number of rotatable bonds is 5. The van der Waals surface area contributed by atoms with Crippen LogP contribution in [0.2, 0.25) is 0 Å². The lowest BCUT2D eigenvalue weighted by Gasteiger charge is -2.11. The van der Waals surface area contributed by atoms with Gasteiger partial charge in [0.25, 0.3) is 0 Å². The summed E-state index contributed by atoms with van der Waals surface area (Å²) >= 11 is 0. The van der Waals surface area contributed by atoms with Gasteiger partial charge >= 0.3 is 0 Å². The van der Waals surface area contributed by atoms with Gasteiger partial charge in [0.2, 0.25) is 0 Å². The zero-order valence-corrected chi connectivity index (χ0v) is 11.5. The minimum Gasteiger partial charge on any atom is -0.497 e. The summed E-state index contributed by atoms with van der Waals surface area (Å²) in [7, 11) is 1.59. The number of carbonyl (C=O) groups is 2. The molecular weight excluding hydrogens is 252 g/mol. The molecule has 0 amide bonds. The molecule has 2 aromatic rings. The van der Waals surface area contributed by atoms with E-state index in [2.05, 4.69) is 0 Å². The van der Waals surface area contributed by atoms with Crippen LogP contribution in [0.3, 0.4) is 0 Å². The quantitative estimate of drug-likeness (QED) is 0.615. The van der Waals surface area contributed by atoms with Crippen LogP contribution in [-0.2, 0) is 0 Å². The number of carbonyl (C=O) groups excluding carboxylic acids is 2. The topological polar surface area (TPSA) is 43.4 Å². The third kappa shape index (κ3) is 2.94. The van der Waals surface area contributed by atoms with Crippen LogP contribution >= 0.6 is 0 Å². The van der Waals surface area contributed by atoms with Crippen LogP contribution in [0.5, 0.6) is 5.75 Å². The standard InChI is InChI=1S/C17H16O3/c1-12(14-5-3-13(11-18)4-6-14)17(19)15-7-9-16(20-2)10-8-15/h3-12H,1-2H3. The number of aldehydes is 1. The van der Waals surface area contributed by atoms with Gasteiger partial charge in [-0.25, -0.2) is 0 Å². The Labute approximate surface area is 118 Å². The summed E-state index contributed by atoms with van der Waals surface area (Å²) in [6, 6.07) is 14.1. The van der Waals surface area contributed by atoms with Crippen molar-refractivity contribution in [2.75, 3.05) is 7.11 Å². The summed E-state index contributed by atoms with van der Waals surface area (Å²) in [5, 5.41) is 0. The molecule has 1 unspecified atom stereocenters. The second kappa shape index (κ2) is 6.15. The zero-order chi connectivity index (χ0) is 14.5. The van der Waals surface area contributed by atoms with Gasteiger partial charge < -0.3 is 4.74 Å². The van der Waals surface area contributed by atoms with Gasteiger partial charge in [-0.15, -0.1) is 0 Å². The summed E-state index contributed by atoms with van der Waals surface area (Å²) in [6.07, 6.45) is 0.791. The van der Waals surface area contributed by atoms with Gasteiger partial charge in [0, 0.05) is 17.0 Å². The van der Waals surface area contributed by atoms with Crippen molar-refractivity contribution in [1.82, 2.24) is 0 Å². The maximum atomic E-state index is 12.4. The Morgan fingerprint density at radius 3 is 2.15 bits per heavy atom. The van der Waals surface area contributed by atoms with Gasteiger partial charge in [0.05, 0.1) is 7.11 Å². The highest BCUT2D eigenvalue weighted by Crippen LogP contribution is 2.22. The maximum Gasteiger partial charge on any atom is 0.170 e. The monoisotopic (exact) mass is 268 g/mol. The summed E-state index contributed by atoms with van der Waals surface area (Å²) in [4.78, 5) is 23.0. The van der Waals surface area contributed by atoms with E-state index in [0.29, 0.717) is 11.1 Å². The molecule has 102 valence electrons. The molecule has 0 bridgehead atoms. The molecule has 0 fully saturated rings. The Morgan fingerprint density at radius 2 is 1.65 bits per heavy atom. The van der Waals surface area contributed by atoms with Crippen LogP contribution in [0.25, 0.3) is 0 Å². The highest BCUT2D eigenvalue weighted by Gasteiger charge is 2.17. The van der Waals surface area contributed by atoms with E-state index in [1.807, 2.05) is 19.1 Å². The lowest BCUT2D eigenvalue weighted by atomic mass is 9.92. The summed E-state index contributed by atoms with van der Waals surface area (Å²) in [5.41, 5.74) is 2.16. The fourth-order valence-electron chi connectivity index (χ4n) is 2.02. The Morgan fingerprint density at radius 1 is 1.05 bits per heavy atom. The third-order valence-corrected chi connectivity index (χ3v) is 3.34. The Balaban J connectivity index is 2.19. The van der Waals surface area contributed by atoms with Crippen molar-refractivity contribution in [2.24, 2.45) is 0 Å². The first-order valence-electron chi connectivity index (χ1n) is 6.39. The number of hydrogen-bond donors (Lipinski definition) is 0. The molecule has 0 aliphatic heterocycles. The van der Waals surface area contributed by atoms with Crippen molar-refractivity contribution in [1.29, 1.82) is 0 Å². The van der Waals surface area contributed by atoms with E-state index in [4.69, 9.17) is 4.74 Å². The molecule has 3 nitrogen and oxygen atoms in total. The molecule has 0 aliphatic carbocycles. The summed E-state index contributed by atoms with van der Waals surface area (Å²) in [5.74, 6) is 0.528. The highest BCUT2D eigenvalue weighted by molar-refractivity contribution is 6.00. The molecule has 1 atom stereocenters. The molecule has 20 heavy (non-hydrogen) atoms. The van der Waals surface area contributed by atoms with Gasteiger partial charge in [-0.2, -0.15) is 0 Å². The minimum atomic E-state index is -0.246. The summed E-state index contributed by atoms with van der Waals surface area (Å²) < 4.78 is 5.08. The SMILES string of the molecule is COc1ccc(C(=O)C(C)c2ccc(C=O)cc2)cc1. The third-order valence-electron chi connectivity index (χ3n) is 3.34. The molecule has 0 spiro atoms. The molecular formula is C17H16O3. The lowest BCUT2D eigenvalue weighted by Crippen LogP contribution is -2.09. The van der Waals surface area contributed by atoms with Crippen molar-refractivity contribution in [3.8, 4) is 5.75 Å². The van der Waals surface area contributed by atoms with Crippen LogP contribution in [-0.4, -0.2) is 19.2 Å². The van der Waals surface area contributed by atoms with E-state index in [1.54, 1.807) is 43.5 Å². The normalized spacial score (nSPS) is 11.7. The van der Waals surface area contributed by atoms with Crippen LogP contribution in [0.15, 0.2) is 48.5 Å². The second-order valence-corrected chi connectivity index (χ2v) is 4.60. The molecule has 0 aromatic heterocycles. The van der Waals surface area contributed by atoms with Crippen molar-refractivity contribution >= 4 is 12.1 Å². The minimum absolute atomic E-state index is 0.0477. The number of hydrogen-bond acceptors (Lipinski definition) is 3. The fraction of sp³-hybridized carbons (Fsp3) is 0.176. The number of ether oxygens (including phenoxy) is 1. The Hall–Kier alpha value is -2.42. The average molecular weight is 268 g/mol. The first-order valence-corrected chi connectivity index (χ1v) is 6.39. The van der Waals surface area contributed by atoms with E-state index in [1.165, 1.54) is 0 Å². The van der Waals surface area contributed by atoms with Crippen molar-refractivity contribution in [3.05, 3.63) is 65.2 Å². The predicted molar refractivity (Wildman–Crippen MR) is 77.6 cm³/mol. The first-order chi connectivity index (χ1) is 9.65. The Bertz CT molecular complexity index is 597. The number of benzene rings is 2. The van der Waals surface area contributed by atoms with Crippen LogP contribution in [0.4, 0.5) is 0 Å². The van der Waals surface area contributed by atoms with Gasteiger partial charge in [-0.3, -0.25) is 9.59 Å². The first kappa shape index (κ1) is 14.0. The largest absolute Gasteiger partial charge is 0.497 e. The van der Waals surface area contributed by atoms with Crippen molar-refractivity contribution in [3.63, 3.8) is 0 Å². The van der Waals surface area contributed by atoms with Gasteiger partial charge in [-0.05, 0) is 29.8 Å². The van der Waals surface area contributed by atoms with Crippen LogP contribution < -0.4 is 4.74 Å². The second-order valence-electron chi connectivity index (χ2n) is 4.60. The molecule has 2 aromatic carbocycles. The number of Topliss-reactive ketones (excluding diaryl/α,β-unsaturated/α-hetero) is 1. The molecule has 3 heteroatoms. The molecule has 0 radical (unpaired) electrons. The molecule has 2 rings (SSSR count). The van der Waals surface area contributed by atoms with Gasteiger partial charge in [-0.1, -0.05) is 31.2 Å². The average Bonchev–Trinajstić information content (AvgIpc) is 2.53. The van der Waals surface area contributed by atoms with Gasteiger partial charge in [0.15, 0.2) is 5.78 Å². The highest BCUT2D eigenvalue weighted by atomic mass is 16.5.